The first-order chi connectivity index (χ1) is 11.8. The Morgan fingerprint density at radius 1 is 1.04 bits per heavy atom. The van der Waals surface area contributed by atoms with Crippen LogP contribution in [0, 0.1) is 6.92 Å². The lowest BCUT2D eigenvalue weighted by Crippen LogP contribution is -2.11. The molecule has 0 aliphatic heterocycles. The minimum Gasteiger partial charge on any atom is -0.339 e. The van der Waals surface area contributed by atoms with Crippen molar-refractivity contribution in [1.29, 1.82) is 0 Å². The number of hydrogen-bond donors (Lipinski definition) is 1. The van der Waals surface area contributed by atoms with E-state index in [1.807, 2.05) is 55.5 Å². The number of benzene rings is 2. The maximum absolute atomic E-state index is 12.9. The molecule has 3 aromatic rings. The summed E-state index contributed by atoms with van der Waals surface area (Å²) in [5.41, 5.74) is 3.75. The molecule has 0 radical (unpaired) electrons. The van der Waals surface area contributed by atoms with E-state index in [4.69, 9.17) is 11.6 Å². The van der Waals surface area contributed by atoms with E-state index in [2.05, 4.69) is 15.3 Å². The van der Waals surface area contributed by atoms with Crippen molar-refractivity contribution >= 4 is 35.6 Å². The van der Waals surface area contributed by atoms with E-state index >= 15 is 0 Å². The smallest absolute Gasteiger partial charge is 0.224 e. The Morgan fingerprint density at radius 3 is 2.44 bits per heavy atom. The Balaban J connectivity index is 2.08. The van der Waals surface area contributed by atoms with Crippen molar-refractivity contribution in [3.8, 4) is 11.1 Å². The van der Waals surface area contributed by atoms with Gasteiger partial charge in [0, 0.05) is 17.1 Å². The fraction of sp³-hybridized carbons (Fsp3) is 0.158. The van der Waals surface area contributed by atoms with Gasteiger partial charge in [0.2, 0.25) is 5.28 Å². The summed E-state index contributed by atoms with van der Waals surface area (Å²) < 4.78 is 12.9. The lowest BCUT2D eigenvalue weighted by atomic mass is 10.1. The Morgan fingerprint density at radius 2 is 1.76 bits per heavy atom. The third-order valence-corrected chi connectivity index (χ3v) is 5.59. The highest BCUT2D eigenvalue weighted by molar-refractivity contribution is 7.70. The number of rotatable bonds is 4. The van der Waals surface area contributed by atoms with Crippen molar-refractivity contribution in [2.75, 3.05) is 18.6 Å². The largest absolute Gasteiger partial charge is 0.339 e. The number of aryl methyl sites for hydroxylation is 1. The molecular weight excluding hydrogens is 353 g/mol. The van der Waals surface area contributed by atoms with Crippen LogP contribution in [-0.2, 0) is 4.57 Å². The first-order valence-electron chi connectivity index (χ1n) is 7.86. The van der Waals surface area contributed by atoms with Gasteiger partial charge < -0.3 is 9.88 Å². The van der Waals surface area contributed by atoms with E-state index in [9.17, 15) is 4.57 Å². The maximum atomic E-state index is 12.9. The van der Waals surface area contributed by atoms with Crippen LogP contribution in [0.1, 0.15) is 5.56 Å². The van der Waals surface area contributed by atoms with E-state index in [1.54, 1.807) is 19.5 Å². The van der Waals surface area contributed by atoms with Gasteiger partial charge in [0.25, 0.3) is 0 Å². The number of halogens is 1. The molecule has 2 aromatic carbocycles. The zero-order valence-corrected chi connectivity index (χ0v) is 16.0. The highest BCUT2D eigenvalue weighted by Gasteiger charge is 2.18. The predicted molar refractivity (Wildman–Crippen MR) is 106 cm³/mol. The third kappa shape index (κ3) is 4.09. The summed E-state index contributed by atoms with van der Waals surface area (Å²) in [6, 6.07) is 16.0. The summed E-state index contributed by atoms with van der Waals surface area (Å²) in [6.07, 6.45) is 1.66. The number of nitrogens with zero attached hydrogens (tertiary/aromatic N) is 2. The molecule has 1 aromatic heterocycles. The SMILES string of the molecule is Cc1cnc(Cl)nc1Nc1ccc(-c2ccccc2)cc1P(C)(C)=O. The van der Waals surface area contributed by atoms with Gasteiger partial charge in [-0.05, 0) is 55.1 Å². The van der Waals surface area contributed by atoms with Crippen molar-refractivity contribution in [3.63, 3.8) is 0 Å². The second-order valence-corrected chi connectivity index (χ2v) is 9.77. The van der Waals surface area contributed by atoms with Crippen molar-refractivity contribution in [2.24, 2.45) is 0 Å². The van der Waals surface area contributed by atoms with Crippen LogP contribution >= 0.6 is 18.7 Å². The van der Waals surface area contributed by atoms with Crippen LogP contribution in [-0.4, -0.2) is 23.3 Å². The summed E-state index contributed by atoms with van der Waals surface area (Å²) in [5.74, 6) is 0.613. The van der Waals surface area contributed by atoms with Gasteiger partial charge in [-0.25, -0.2) is 9.97 Å². The van der Waals surface area contributed by atoms with Gasteiger partial charge >= 0.3 is 0 Å². The topological polar surface area (TPSA) is 54.9 Å². The highest BCUT2D eigenvalue weighted by atomic mass is 35.5. The molecule has 0 spiro atoms. The summed E-state index contributed by atoms with van der Waals surface area (Å²) in [5, 5.41) is 4.21. The Kier molecular flexibility index (Phi) is 4.94. The highest BCUT2D eigenvalue weighted by Crippen LogP contribution is 2.40. The molecule has 1 heterocycles. The molecule has 4 nitrogen and oxygen atoms in total. The maximum Gasteiger partial charge on any atom is 0.224 e. The van der Waals surface area contributed by atoms with Crippen LogP contribution in [0.4, 0.5) is 11.5 Å². The minimum atomic E-state index is -2.51. The average Bonchev–Trinajstić information content (AvgIpc) is 2.58. The van der Waals surface area contributed by atoms with Crippen LogP contribution < -0.4 is 10.6 Å². The lowest BCUT2D eigenvalue weighted by molar-refractivity contribution is 0.588. The molecule has 0 bridgehead atoms. The number of nitrogens with one attached hydrogen (secondary N) is 1. The van der Waals surface area contributed by atoms with Crippen molar-refractivity contribution in [2.45, 2.75) is 6.92 Å². The number of anilines is 2. The molecule has 0 fully saturated rings. The number of hydrogen-bond acceptors (Lipinski definition) is 4. The first-order valence-corrected chi connectivity index (χ1v) is 10.8. The summed E-state index contributed by atoms with van der Waals surface area (Å²) in [4.78, 5) is 8.19. The molecule has 1 N–H and O–H groups in total. The molecule has 0 saturated carbocycles. The summed E-state index contributed by atoms with van der Waals surface area (Å²) in [7, 11) is -2.51. The van der Waals surface area contributed by atoms with Gasteiger partial charge in [-0.15, -0.1) is 0 Å². The Hall–Kier alpha value is -2.16. The van der Waals surface area contributed by atoms with Crippen LogP contribution in [0.5, 0.6) is 0 Å². The Labute approximate surface area is 152 Å². The quantitative estimate of drug-likeness (QED) is 0.512. The molecule has 0 saturated heterocycles. The van der Waals surface area contributed by atoms with Crippen LogP contribution in [0.2, 0.25) is 5.28 Å². The number of aromatic nitrogens is 2. The molecule has 6 heteroatoms. The molecule has 0 amide bonds. The minimum absolute atomic E-state index is 0.173. The van der Waals surface area contributed by atoms with Gasteiger partial charge in [-0.3, -0.25) is 0 Å². The van der Waals surface area contributed by atoms with Gasteiger partial charge in [0.1, 0.15) is 13.0 Å². The van der Waals surface area contributed by atoms with Crippen molar-refractivity contribution < 1.29 is 4.57 Å². The molecule has 0 unspecified atom stereocenters. The van der Waals surface area contributed by atoms with E-state index < -0.39 is 7.14 Å². The summed E-state index contributed by atoms with van der Waals surface area (Å²) >= 11 is 5.90. The molecule has 3 rings (SSSR count). The average molecular weight is 372 g/mol. The molecule has 25 heavy (non-hydrogen) atoms. The second-order valence-electron chi connectivity index (χ2n) is 6.24. The fourth-order valence-corrected chi connectivity index (χ4v) is 3.86. The molecule has 0 atom stereocenters. The predicted octanol–water partition coefficient (Wildman–Crippen LogP) is 5.10. The van der Waals surface area contributed by atoms with Gasteiger partial charge in [-0.1, -0.05) is 36.4 Å². The van der Waals surface area contributed by atoms with Crippen LogP contribution in [0.25, 0.3) is 11.1 Å². The van der Waals surface area contributed by atoms with E-state index in [0.717, 1.165) is 27.7 Å². The zero-order chi connectivity index (χ0) is 18.0. The lowest BCUT2D eigenvalue weighted by Gasteiger charge is -2.17. The molecule has 0 aliphatic rings. The normalized spacial score (nSPS) is 11.4. The van der Waals surface area contributed by atoms with Gasteiger partial charge in [-0.2, -0.15) is 0 Å². The van der Waals surface area contributed by atoms with Gasteiger partial charge in [0.05, 0.1) is 5.69 Å². The molecular formula is C19H19ClN3OP. The third-order valence-electron chi connectivity index (χ3n) is 3.88. The first kappa shape index (κ1) is 17.7. The van der Waals surface area contributed by atoms with E-state index in [0.29, 0.717) is 5.82 Å². The molecule has 0 aliphatic carbocycles. The standard InChI is InChI=1S/C19H19ClN3OP/c1-13-12-21-19(20)23-18(13)22-16-10-9-15(11-17(16)25(2,3)24)14-7-5-4-6-8-14/h4-12H,1-3H3,(H,21,22,23). The molecule has 128 valence electrons. The Bertz CT molecular complexity index is 954. The fourth-order valence-electron chi connectivity index (χ4n) is 2.57. The van der Waals surface area contributed by atoms with Gasteiger partial charge in [0.15, 0.2) is 0 Å². The van der Waals surface area contributed by atoms with Crippen LogP contribution in [0.15, 0.2) is 54.7 Å². The monoisotopic (exact) mass is 371 g/mol. The van der Waals surface area contributed by atoms with Crippen molar-refractivity contribution in [1.82, 2.24) is 9.97 Å². The second kappa shape index (κ2) is 6.99. The van der Waals surface area contributed by atoms with Crippen LogP contribution in [0.3, 0.4) is 0 Å². The summed E-state index contributed by atoms with van der Waals surface area (Å²) in [6.45, 7) is 5.43. The van der Waals surface area contributed by atoms with E-state index in [-0.39, 0.29) is 5.28 Å². The zero-order valence-electron chi connectivity index (χ0n) is 14.3. The van der Waals surface area contributed by atoms with E-state index in [1.165, 1.54) is 0 Å². The van der Waals surface area contributed by atoms with Crippen molar-refractivity contribution in [3.05, 3.63) is 65.6 Å².